The van der Waals surface area contributed by atoms with Crippen LogP contribution < -0.4 is 23.7 Å². The first-order valence-electron chi connectivity index (χ1n) is 24.8. The molecule has 0 N–H and O–H groups in total. The second kappa shape index (κ2) is 28.2. The van der Waals surface area contributed by atoms with E-state index in [1.807, 2.05) is 152 Å². The van der Waals surface area contributed by atoms with Gasteiger partial charge >= 0.3 is 445 Å². The molecule has 76 heavy (non-hydrogen) atoms. The molecule has 0 saturated carbocycles. The van der Waals surface area contributed by atoms with Gasteiger partial charge in [0.25, 0.3) is 0 Å². The Morgan fingerprint density at radius 3 is 1.45 bits per heavy atom. The fourth-order valence-electron chi connectivity index (χ4n) is 8.98. The number of methoxy groups -OCH3 is 5. The minimum absolute atomic E-state index is 0.0163. The van der Waals surface area contributed by atoms with Gasteiger partial charge in [-0.2, -0.15) is 0 Å². The quantitative estimate of drug-likeness (QED) is 0.0258. The molecule has 0 aliphatic carbocycles. The van der Waals surface area contributed by atoms with E-state index >= 15 is 0 Å². The third-order valence-corrected chi connectivity index (χ3v) is 19.4. The Morgan fingerprint density at radius 2 is 0.987 bits per heavy atom. The number of hydrogen-bond donors (Lipinski definition) is 0. The van der Waals surface area contributed by atoms with Gasteiger partial charge in [-0.25, -0.2) is 0 Å². The first kappa shape index (κ1) is 56.6. The molecule has 18 heteroatoms. The van der Waals surface area contributed by atoms with Gasteiger partial charge in [0.1, 0.15) is 0 Å². The van der Waals surface area contributed by atoms with Crippen molar-refractivity contribution in [1.29, 1.82) is 0 Å². The average Bonchev–Trinajstić information content (AvgIpc) is 3.79. The molecule has 2 aliphatic rings. The Labute approximate surface area is 450 Å². The van der Waals surface area contributed by atoms with Crippen molar-refractivity contribution in [1.82, 2.24) is 0 Å². The summed E-state index contributed by atoms with van der Waals surface area (Å²) < 4.78 is 120. The van der Waals surface area contributed by atoms with Crippen LogP contribution in [0.25, 0.3) is 0 Å². The summed E-state index contributed by atoms with van der Waals surface area (Å²) in [6, 6.07) is 47.1. The minimum atomic E-state index is -5.42. The summed E-state index contributed by atoms with van der Waals surface area (Å²) >= 11 is -2.17. The van der Waals surface area contributed by atoms with Crippen LogP contribution in [-0.4, -0.2) is 112 Å². The molecular weight excluding hydrogens is 1060 g/mol. The third kappa shape index (κ3) is 16.2. The van der Waals surface area contributed by atoms with Gasteiger partial charge in [0.2, 0.25) is 0 Å². The van der Waals surface area contributed by atoms with Gasteiger partial charge in [-0.05, 0) is 0 Å². The van der Waals surface area contributed by atoms with Crippen molar-refractivity contribution in [3.05, 3.63) is 185 Å². The van der Waals surface area contributed by atoms with E-state index in [1.54, 1.807) is 35.5 Å². The van der Waals surface area contributed by atoms with E-state index in [0.717, 1.165) is 45.1 Å². The number of rotatable bonds is 28. The molecule has 2 fully saturated rings. The molecule has 16 nitrogen and oxygen atoms in total. The molecule has 6 aromatic carbocycles. The first-order chi connectivity index (χ1) is 37.0. The summed E-state index contributed by atoms with van der Waals surface area (Å²) in [6.45, 7) is 1.16. The molecule has 1 radical (unpaired) electrons. The standard InChI is InChI=1S/C58H67O16SSe/c1-62-46-21-11-40(12-22-46)31-67-37-54-55(71-35-44-19-29-50(66-5)30-20-44)52(69-33-42-15-25-48(64-3)26-16-42)38-76(54)39-53(70-34-43-17-27-49(65-4)28-18-43)57(74-75(59,60)61)56-51(68-32-41-13-23-47(63-2)24-14-41)36-72-58(73-56)45-9-7-6-8-10-45/h6-30,51-58H,31-39H2,1-5H3,(H,59,60,61)/p-1/t51-,52-,53-,54-,55+,56-,57-,58?/m1/s1. The molecule has 2 heterocycles. The molecule has 0 aromatic heterocycles. The monoisotopic (exact) mass is 1130 g/mol. The Morgan fingerprint density at radius 1 is 0.553 bits per heavy atom. The molecule has 0 spiro atoms. The fourth-order valence-corrected chi connectivity index (χ4v) is 15.7. The van der Waals surface area contributed by atoms with Crippen LogP contribution in [0.3, 0.4) is 0 Å². The van der Waals surface area contributed by atoms with Crippen molar-refractivity contribution in [2.24, 2.45) is 0 Å². The second-order valence-electron chi connectivity index (χ2n) is 18.1. The maximum atomic E-state index is 13.2. The molecule has 8 atom stereocenters. The number of hydrogen-bond acceptors (Lipinski definition) is 16. The first-order valence-corrected chi connectivity index (χ1v) is 29.6. The van der Waals surface area contributed by atoms with E-state index in [9.17, 15) is 13.0 Å². The van der Waals surface area contributed by atoms with Crippen molar-refractivity contribution < 1.29 is 74.0 Å². The molecule has 2 aliphatic heterocycles. The molecular formula is C58H66O16SSe-. The molecule has 0 amide bonds. The zero-order valence-electron chi connectivity index (χ0n) is 43.3. The van der Waals surface area contributed by atoms with E-state index in [-0.39, 0.29) is 49.8 Å². The van der Waals surface area contributed by atoms with Crippen LogP contribution in [0.2, 0.25) is 15.5 Å². The van der Waals surface area contributed by atoms with Crippen molar-refractivity contribution in [2.75, 3.05) is 48.8 Å². The van der Waals surface area contributed by atoms with Crippen LogP contribution in [-0.2, 0) is 80.8 Å². The van der Waals surface area contributed by atoms with Crippen LogP contribution in [0.5, 0.6) is 28.7 Å². The third-order valence-electron chi connectivity index (χ3n) is 13.1. The maximum absolute atomic E-state index is 13.2. The van der Waals surface area contributed by atoms with Crippen molar-refractivity contribution in [3.63, 3.8) is 0 Å². The van der Waals surface area contributed by atoms with Crippen molar-refractivity contribution in [3.8, 4) is 28.7 Å². The summed E-state index contributed by atoms with van der Waals surface area (Å²) in [5.41, 5.74) is 5.05. The van der Waals surface area contributed by atoms with Crippen LogP contribution in [0, 0.1) is 0 Å². The van der Waals surface area contributed by atoms with Crippen LogP contribution >= 0.6 is 0 Å². The second-order valence-corrected chi connectivity index (χ2v) is 24.1. The van der Waals surface area contributed by atoms with Gasteiger partial charge in [0.15, 0.2) is 0 Å². The molecule has 2 saturated heterocycles. The Kier molecular flexibility index (Phi) is 21.0. The van der Waals surface area contributed by atoms with Crippen LogP contribution in [0.1, 0.15) is 39.7 Å². The summed E-state index contributed by atoms with van der Waals surface area (Å²) in [5.74, 6) is 3.49. The Hall–Kier alpha value is -5.57. The zero-order chi connectivity index (χ0) is 53.3. The zero-order valence-corrected chi connectivity index (χ0v) is 45.8. The van der Waals surface area contributed by atoms with E-state index < -0.39 is 67.2 Å². The van der Waals surface area contributed by atoms with E-state index in [1.165, 1.54) is 0 Å². The predicted molar refractivity (Wildman–Crippen MR) is 283 cm³/mol. The topological polar surface area (TPSA) is 177 Å². The summed E-state index contributed by atoms with van der Waals surface area (Å²) in [6.07, 6.45) is -6.64. The van der Waals surface area contributed by atoms with Gasteiger partial charge in [-0.1, -0.05) is 0 Å². The van der Waals surface area contributed by atoms with E-state index in [4.69, 9.17) is 61.0 Å². The molecule has 0 bridgehead atoms. The van der Waals surface area contributed by atoms with Gasteiger partial charge in [-0.15, -0.1) is 0 Å². The molecule has 8 rings (SSSR count). The summed E-state index contributed by atoms with van der Waals surface area (Å²) in [4.78, 5) is -0.247. The fraction of sp³-hybridized carbons (Fsp3) is 0.379. The van der Waals surface area contributed by atoms with Gasteiger partial charge < -0.3 is 0 Å². The van der Waals surface area contributed by atoms with Crippen molar-refractivity contribution in [2.45, 2.75) is 91.4 Å². The number of benzene rings is 6. The molecule has 6 aromatic rings. The predicted octanol–water partition coefficient (Wildman–Crippen LogP) is 9.43. The SMILES string of the molecule is COc1ccc(COC[C@@H]2[C@@H](OCc3ccc(OC)cc3)[C@H](OCc3ccc(OC)cc3)C[Se]2C[C@@H](OCc2ccc(OC)cc2)[C@@H](OS(=O)(=O)[O-])[C@@H]2OC(c3ccccc3)OC[C@H]2OCc2ccc(OC)cc2)cc1. The summed E-state index contributed by atoms with van der Waals surface area (Å²) in [5, 5.41) is 0.817. The van der Waals surface area contributed by atoms with Crippen LogP contribution in [0.15, 0.2) is 152 Å². The van der Waals surface area contributed by atoms with Crippen molar-refractivity contribution >= 4 is 24.3 Å². The number of ether oxygens (including phenoxy) is 12. The van der Waals surface area contributed by atoms with E-state index in [0.29, 0.717) is 29.0 Å². The van der Waals surface area contributed by atoms with Gasteiger partial charge in [0, 0.05) is 0 Å². The summed E-state index contributed by atoms with van der Waals surface area (Å²) in [7, 11) is 2.62. The van der Waals surface area contributed by atoms with Gasteiger partial charge in [-0.3, -0.25) is 0 Å². The van der Waals surface area contributed by atoms with E-state index in [2.05, 4.69) is 0 Å². The Bertz CT molecular complexity index is 2750. The molecule has 1 unspecified atom stereocenters. The average molecular weight is 1130 g/mol. The molecule has 407 valence electrons. The normalized spacial score (nSPS) is 20.7. The Balaban J connectivity index is 1.17. The van der Waals surface area contributed by atoms with Crippen LogP contribution in [0.4, 0.5) is 0 Å². The van der Waals surface area contributed by atoms with Gasteiger partial charge in [0.05, 0.1) is 7.11 Å².